The van der Waals surface area contributed by atoms with Crippen molar-refractivity contribution in [2.75, 3.05) is 0 Å². The fraction of sp³-hybridized carbons (Fsp3) is 0.588. The summed E-state index contributed by atoms with van der Waals surface area (Å²) in [5.41, 5.74) is 1.08. The summed E-state index contributed by atoms with van der Waals surface area (Å²) in [6.45, 7) is 2.20. The van der Waals surface area contributed by atoms with Gasteiger partial charge in [-0.05, 0) is 43.4 Å². The number of carbonyl (C=O) groups excluding carboxylic acids is 1. The number of aromatic hydroxyl groups is 1. The van der Waals surface area contributed by atoms with E-state index in [-0.39, 0.29) is 23.7 Å². The van der Waals surface area contributed by atoms with E-state index in [4.69, 9.17) is 4.74 Å². The van der Waals surface area contributed by atoms with Gasteiger partial charge in [0, 0.05) is 0 Å². The van der Waals surface area contributed by atoms with Crippen molar-refractivity contribution < 1.29 is 14.6 Å². The number of benzene rings is 1. The van der Waals surface area contributed by atoms with Crippen LogP contribution in [0.5, 0.6) is 5.75 Å². The van der Waals surface area contributed by atoms with Crippen LogP contribution in [0.2, 0.25) is 0 Å². The number of ether oxygens (including phenoxy) is 1. The monoisotopic (exact) mass is 276 g/mol. The Morgan fingerprint density at radius 2 is 1.95 bits per heavy atom. The van der Waals surface area contributed by atoms with Crippen molar-refractivity contribution in [3.05, 3.63) is 29.8 Å². The summed E-state index contributed by atoms with van der Waals surface area (Å²) < 4.78 is 5.46. The van der Waals surface area contributed by atoms with Crippen LogP contribution in [0.1, 0.15) is 51.0 Å². The zero-order valence-electron chi connectivity index (χ0n) is 12.2. The van der Waals surface area contributed by atoms with Gasteiger partial charge >= 0.3 is 5.97 Å². The molecule has 2 rings (SSSR count). The molecule has 1 aliphatic heterocycles. The molecule has 1 heterocycles. The van der Waals surface area contributed by atoms with Crippen LogP contribution in [-0.2, 0) is 16.0 Å². The molecule has 0 spiro atoms. The predicted molar refractivity (Wildman–Crippen MR) is 78.6 cm³/mol. The number of hydrogen-bond acceptors (Lipinski definition) is 3. The fourth-order valence-corrected chi connectivity index (χ4v) is 2.78. The van der Waals surface area contributed by atoms with Gasteiger partial charge in [-0.15, -0.1) is 0 Å². The number of phenolic OH excluding ortho intramolecular Hbond substituents is 1. The maximum Gasteiger partial charge on any atom is 0.309 e. The van der Waals surface area contributed by atoms with E-state index < -0.39 is 0 Å². The Hall–Kier alpha value is -1.51. The summed E-state index contributed by atoms with van der Waals surface area (Å²) in [6, 6.07) is 7.07. The first-order valence-corrected chi connectivity index (χ1v) is 7.67. The molecule has 0 bridgehead atoms. The van der Waals surface area contributed by atoms with Crippen molar-refractivity contribution in [2.45, 2.75) is 58.0 Å². The topological polar surface area (TPSA) is 46.5 Å². The second kappa shape index (κ2) is 7.32. The molecule has 1 saturated heterocycles. The third-order valence-electron chi connectivity index (χ3n) is 3.96. The van der Waals surface area contributed by atoms with Gasteiger partial charge in [0.05, 0.1) is 5.92 Å². The van der Waals surface area contributed by atoms with E-state index >= 15 is 0 Å². The molecule has 20 heavy (non-hydrogen) atoms. The lowest BCUT2D eigenvalue weighted by molar-refractivity contribution is -0.144. The van der Waals surface area contributed by atoms with E-state index in [1.165, 1.54) is 19.3 Å². The number of cyclic esters (lactones) is 1. The van der Waals surface area contributed by atoms with Crippen LogP contribution in [0.25, 0.3) is 0 Å². The van der Waals surface area contributed by atoms with Crippen LogP contribution >= 0.6 is 0 Å². The Kier molecular flexibility index (Phi) is 5.45. The fourth-order valence-electron chi connectivity index (χ4n) is 2.78. The van der Waals surface area contributed by atoms with E-state index in [0.717, 1.165) is 24.8 Å². The molecule has 1 aromatic rings. The quantitative estimate of drug-likeness (QED) is 0.608. The first kappa shape index (κ1) is 14.9. The minimum atomic E-state index is -0.0569. The molecular formula is C17H24O3. The number of hydrogen-bond donors (Lipinski definition) is 1. The normalized spacial score (nSPS) is 21.9. The lowest BCUT2D eigenvalue weighted by atomic mass is 9.94. The molecule has 0 aromatic heterocycles. The summed E-state index contributed by atoms with van der Waals surface area (Å²) in [6.07, 6.45) is 7.53. The average Bonchev–Trinajstić information content (AvgIpc) is 2.78. The summed E-state index contributed by atoms with van der Waals surface area (Å²) in [5.74, 6) is 0.186. The number of carbonyl (C=O) groups is 1. The summed E-state index contributed by atoms with van der Waals surface area (Å²) in [4.78, 5) is 11.9. The molecule has 1 N–H and O–H groups in total. The number of esters is 1. The van der Waals surface area contributed by atoms with Crippen molar-refractivity contribution >= 4 is 5.97 Å². The van der Waals surface area contributed by atoms with E-state index in [0.29, 0.717) is 6.42 Å². The zero-order chi connectivity index (χ0) is 14.4. The van der Waals surface area contributed by atoms with Crippen LogP contribution in [0.4, 0.5) is 0 Å². The van der Waals surface area contributed by atoms with E-state index in [2.05, 4.69) is 6.92 Å². The van der Waals surface area contributed by atoms with Crippen molar-refractivity contribution in [3.8, 4) is 5.75 Å². The lowest BCUT2D eigenvalue weighted by Crippen LogP contribution is -2.10. The van der Waals surface area contributed by atoms with Crippen LogP contribution in [0.3, 0.4) is 0 Å². The Bertz CT molecular complexity index is 424. The maximum atomic E-state index is 11.9. The summed E-state index contributed by atoms with van der Waals surface area (Å²) >= 11 is 0. The highest BCUT2D eigenvalue weighted by Crippen LogP contribution is 2.28. The standard InChI is InChI=1S/C17H24O3/c1-2-3-4-5-6-16-12-14(17(19)20-16)11-13-7-9-15(18)10-8-13/h7-10,14,16,18H,2-6,11-12H2,1H3. The molecule has 3 nitrogen and oxygen atoms in total. The Labute approximate surface area is 121 Å². The van der Waals surface area contributed by atoms with Crippen LogP contribution in [0.15, 0.2) is 24.3 Å². The molecule has 2 atom stereocenters. The van der Waals surface area contributed by atoms with E-state index in [1.54, 1.807) is 12.1 Å². The Balaban J connectivity index is 1.78. The molecule has 1 aromatic carbocycles. The second-order valence-corrected chi connectivity index (χ2v) is 5.71. The van der Waals surface area contributed by atoms with Crippen molar-refractivity contribution in [1.82, 2.24) is 0 Å². The van der Waals surface area contributed by atoms with Gasteiger partial charge in [-0.2, -0.15) is 0 Å². The highest BCUT2D eigenvalue weighted by molar-refractivity contribution is 5.75. The van der Waals surface area contributed by atoms with Gasteiger partial charge in [0.1, 0.15) is 11.9 Å². The highest BCUT2D eigenvalue weighted by atomic mass is 16.5. The van der Waals surface area contributed by atoms with Crippen molar-refractivity contribution in [3.63, 3.8) is 0 Å². The van der Waals surface area contributed by atoms with E-state index in [9.17, 15) is 9.90 Å². The number of rotatable bonds is 7. The molecule has 0 aliphatic carbocycles. The molecule has 3 heteroatoms. The minimum Gasteiger partial charge on any atom is -0.508 e. The second-order valence-electron chi connectivity index (χ2n) is 5.71. The minimum absolute atomic E-state index is 0.0179. The molecule has 110 valence electrons. The summed E-state index contributed by atoms with van der Waals surface area (Å²) in [7, 11) is 0. The van der Waals surface area contributed by atoms with Gasteiger partial charge < -0.3 is 9.84 Å². The predicted octanol–water partition coefficient (Wildman–Crippen LogP) is 3.84. The highest BCUT2D eigenvalue weighted by Gasteiger charge is 2.33. The van der Waals surface area contributed by atoms with Crippen LogP contribution in [0, 0.1) is 5.92 Å². The smallest absolute Gasteiger partial charge is 0.309 e. The first-order chi connectivity index (χ1) is 9.69. The maximum absolute atomic E-state index is 11.9. The van der Waals surface area contributed by atoms with Gasteiger partial charge in [0.15, 0.2) is 0 Å². The zero-order valence-corrected chi connectivity index (χ0v) is 12.2. The third-order valence-corrected chi connectivity index (χ3v) is 3.96. The van der Waals surface area contributed by atoms with Gasteiger partial charge in [0.25, 0.3) is 0 Å². The SMILES string of the molecule is CCCCCCC1CC(Cc2ccc(O)cc2)C(=O)O1. The summed E-state index contributed by atoms with van der Waals surface area (Å²) in [5, 5.41) is 9.26. The average molecular weight is 276 g/mol. The molecule has 1 aliphatic rings. The van der Waals surface area contributed by atoms with Gasteiger partial charge in [-0.25, -0.2) is 0 Å². The molecule has 0 radical (unpaired) electrons. The Morgan fingerprint density at radius 1 is 1.20 bits per heavy atom. The van der Waals surface area contributed by atoms with Crippen molar-refractivity contribution in [2.24, 2.45) is 5.92 Å². The molecule has 0 amide bonds. The van der Waals surface area contributed by atoms with Gasteiger partial charge in [0.2, 0.25) is 0 Å². The Morgan fingerprint density at radius 3 is 2.65 bits per heavy atom. The first-order valence-electron chi connectivity index (χ1n) is 7.67. The van der Waals surface area contributed by atoms with Gasteiger partial charge in [-0.1, -0.05) is 38.3 Å². The lowest BCUT2D eigenvalue weighted by Gasteiger charge is -2.08. The van der Waals surface area contributed by atoms with Gasteiger partial charge in [-0.3, -0.25) is 4.79 Å². The van der Waals surface area contributed by atoms with Crippen LogP contribution in [-0.4, -0.2) is 17.2 Å². The largest absolute Gasteiger partial charge is 0.508 e. The van der Waals surface area contributed by atoms with Crippen LogP contribution < -0.4 is 0 Å². The third kappa shape index (κ3) is 4.26. The molecule has 2 unspecified atom stereocenters. The van der Waals surface area contributed by atoms with Crippen molar-refractivity contribution in [1.29, 1.82) is 0 Å². The van der Waals surface area contributed by atoms with E-state index in [1.807, 2.05) is 12.1 Å². The number of phenols is 1. The molecule has 0 saturated carbocycles. The molecular weight excluding hydrogens is 252 g/mol. The number of unbranched alkanes of at least 4 members (excludes halogenated alkanes) is 3. The molecule has 1 fully saturated rings.